The van der Waals surface area contributed by atoms with Gasteiger partial charge in [-0.15, -0.1) is 0 Å². The third-order valence-electron chi connectivity index (χ3n) is 4.37. The molecular formula is C15H24N4O2. The first kappa shape index (κ1) is 14.4. The molecule has 2 atom stereocenters. The van der Waals surface area contributed by atoms with E-state index in [4.69, 9.17) is 4.74 Å². The van der Waals surface area contributed by atoms with Crippen LogP contribution in [-0.2, 0) is 11.8 Å². The number of nitrogens with one attached hydrogen (secondary N) is 1. The molecule has 0 unspecified atom stereocenters. The summed E-state index contributed by atoms with van der Waals surface area (Å²) in [6.07, 6.45) is 4.78. The number of hydrogen-bond donors (Lipinski definition) is 1. The van der Waals surface area contributed by atoms with Gasteiger partial charge in [0.05, 0.1) is 6.20 Å². The number of ether oxygens (including phenoxy) is 1. The molecule has 1 aromatic heterocycles. The summed E-state index contributed by atoms with van der Waals surface area (Å²) in [4.78, 5) is 14.0. The van der Waals surface area contributed by atoms with Gasteiger partial charge in [-0.25, -0.2) is 4.79 Å². The molecule has 1 amide bonds. The number of rotatable bonds is 1. The predicted molar refractivity (Wildman–Crippen MR) is 78.8 cm³/mol. The van der Waals surface area contributed by atoms with Crippen LogP contribution in [0.4, 0.5) is 4.79 Å². The average Bonchev–Trinajstić information content (AvgIpc) is 2.94. The maximum absolute atomic E-state index is 12.2. The Morgan fingerprint density at radius 3 is 2.81 bits per heavy atom. The van der Waals surface area contributed by atoms with Gasteiger partial charge in [0.1, 0.15) is 5.60 Å². The molecule has 0 radical (unpaired) electrons. The van der Waals surface area contributed by atoms with Crippen LogP contribution in [0.25, 0.3) is 0 Å². The lowest BCUT2D eigenvalue weighted by Crippen LogP contribution is -2.57. The molecule has 0 aromatic carbocycles. The molecule has 1 aromatic rings. The molecule has 6 heteroatoms. The second-order valence-corrected chi connectivity index (χ2v) is 7.28. The van der Waals surface area contributed by atoms with Gasteiger partial charge in [-0.1, -0.05) is 0 Å². The van der Waals surface area contributed by atoms with Crippen molar-refractivity contribution in [3.63, 3.8) is 0 Å². The third-order valence-corrected chi connectivity index (χ3v) is 4.37. The summed E-state index contributed by atoms with van der Waals surface area (Å²) >= 11 is 0. The molecule has 1 N–H and O–H groups in total. The van der Waals surface area contributed by atoms with E-state index in [-0.39, 0.29) is 11.5 Å². The summed E-state index contributed by atoms with van der Waals surface area (Å²) in [5.41, 5.74) is 0.905. The van der Waals surface area contributed by atoms with Gasteiger partial charge in [0.2, 0.25) is 0 Å². The highest BCUT2D eigenvalue weighted by Gasteiger charge is 2.53. The topological polar surface area (TPSA) is 59.4 Å². The van der Waals surface area contributed by atoms with Crippen molar-refractivity contribution in [1.82, 2.24) is 20.0 Å². The molecule has 2 saturated heterocycles. The van der Waals surface area contributed by atoms with Crippen molar-refractivity contribution < 1.29 is 9.53 Å². The maximum atomic E-state index is 12.2. The highest BCUT2D eigenvalue weighted by Crippen LogP contribution is 2.47. The van der Waals surface area contributed by atoms with Crippen LogP contribution < -0.4 is 5.32 Å². The van der Waals surface area contributed by atoms with E-state index < -0.39 is 5.60 Å². The van der Waals surface area contributed by atoms with Crippen molar-refractivity contribution in [1.29, 1.82) is 0 Å². The van der Waals surface area contributed by atoms with Gasteiger partial charge in [-0.3, -0.25) is 4.68 Å². The van der Waals surface area contributed by atoms with E-state index in [9.17, 15) is 4.79 Å². The van der Waals surface area contributed by atoms with E-state index >= 15 is 0 Å². The molecule has 3 rings (SSSR count). The first-order valence-electron chi connectivity index (χ1n) is 7.49. The number of likely N-dealkylation sites (tertiary alicyclic amines) is 1. The molecule has 21 heavy (non-hydrogen) atoms. The number of nitrogens with zero attached hydrogens (tertiary/aromatic N) is 3. The van der Waals surface area contributed by atoms with Gasteiger partial charge in [-0.2, -0.15) is 5.10 Å². The summed E-state index contributed by atoms with van der Waals surface area (Å²) in [5.74, 6) is 0. The number of aromatic nitrogens is 2. The predicted octanol–water partition coefficient (Wildman–Crippen LogP) is 1.69. The highest BCUT2D eigenvalue weighted by molar-refractivity contribution is 5.68. The monoisotopic (exact) mass is 292 g/mol. The van der Waals surface area contributed by atoms with Gasteiger partial charge in [0.15, 0.2) is 0 Å². The Bertz CT molecular complexity index is 548. The molecule has 2 aliphatic rings. The van der Waals surface area contributed by atoms with Gasteiger partial charge in [0.25, 0.3) is 0 Å². The SMILES string of the molecule is Cn1cc([C@@H]2NC[C@@]23CCN(C(=O)OC(C)(C)C)C3)cn1. The average molecular weight is 292 g/mol. The Hall–Kier alpha value is -1.56. The number of carbonyl (C=O) groups excluding carboxylic acids is 1. The molecule has 3 heterocycles. The Labute approximate surface area is 125 Å². The van der Waals surface area contributed by atoms with Gasteiger partial charge in [-0.05, 0) is 27.2 Å². The van der Waals surface area contributed by atoms with Gasteiger partial charge < -0.3 is 15.0 Å². The standard InChI is InChI=1S/C15H24N4O2/c1-14(2,3)21-13(20)19-6-5-15(10-19)9-16-12(15)11-7-17-18(4)8-11/h7-8,12,16H,5-6,9-10H2,1-4H3/t12-,15+/m0/s1. The van der Waals surface area contributed by atoms with Crippen LogP contribution in [0.2, 0.25) is 0 Å². The van der Waals surface area contributed by atoms with Crippen LogP contribution in [0, 0.1) is 5.41 Å². The fourth-order valence-electron chi connectivity index (χ4n) is 3.31. The minimum absolute atomic E-state index is 0.139. The number of carbonyl (C=O) groups is 1. The molecular weight excluding hydrogens is 268 g/mol. The Morgan fingerprint density at radius 1 is 1.52 bits per heavy atom. The molecule has 116 valence electrons. The van der Waals surface area contributed by atoms with E-state index in [0.29, 0.717) is 6.04 Å². The molecule has 2 fully saturated rings. The van der Waals surface area contributed by atoms with Crippen LogP contribution >= 0.6 is 0 Å². The molecule has 1 spiro atoms. The number of aryl methyl sites for hydroxylation is 1. The summed E-state index contributed by atoms with van der Waals surface area (Å²) in [6.45, 7) is 8.19. The van der Waals surface area contributed by atoms with Crippen molar-refractivity contribution in [3.8, 4) is 0 Å². The lowest BCUT2D eigenvalue weighted by molar-refractivity contribution is 0.0216. The van der Waals surface area contributed by atoms with Crippen molar-refractivity contribution in [2.75, 3.05) is 19.6 Å². The van der Waals surface area contributed by atoms with Gasteiger partial charge in [0, 0.05) is 49.9 Å². The Kier molecular flexibility index (Phi) is 3.24. The minimum atomic E-state index is -0.437. The van der Waals surface area contributed by atoms with E-state index in [1.807, 2.05) is 43.6 Å². The quantitative estimate of drug-likeness (QED) is 0.856. The number of hydrogen-bond acceptors (Lipinski definition) is 4. The van der Waals surface area contributed by atoms with Crippen LogP contribution in [0.5, 0.6) is 0 Å². The van der Waals surface area contributed by atoms with Crippen molar-refractivity contribution in [3.05, 3.63) is 18.0 Å². The zero-order valence-corrected chi connectivity index (χ0v) is 13.2. The van der Waals surface area contributed by atoms with Crippen molar-refractivity contribution >= 4 is 6.09 Å². The second-order valence-electron chi connectivity index (χ2n) is 7.28. The van der Waals surface area contributed by atoms with Crippen LogP contribution in [0.3, 0.4) is 0 Å². The van der Waals surface area contributed by atoms with E-state index in [1.54, 1.807) is 0 Å². The van der Waals surface area contributed by atoms with E-state index in [0.717, 1.165) is 26.1 Å². The molecule has 0 bridgehead atoms. The van der Waals surface area contributed by atoms with E-state index in [1.165, 1.54) is 5.56 Å². The fourth-order valence-corrected chi connectivity index (χ4v) is 3.31. The summed E-state index contributed by atoms with van der Waals surface area (Å²) in [6, 6.07) is 0.290. The molecule has 0 aliphatic carbocycles. The Balaban J connectivity index is 1.67. The second kappa shape index (κ2) is 4.73. The first-order chi connectivity index (χ1) is 9.79. The minimum Gasteiger partial charge on any atom is -0.444 e. The third kappa shape index (κ3) is 2.64. The first-order valence-corrected chi connectivity index (χ1v) is 7.49. The maximum Gasteiger partial charge on any atom is 0.410 e. The smallest absolute Gasteiger partial charge is 0.410 e. The molecule has 0 saturated carbocycles. The molecule has 2 aliphatic heterocycles. The summed E-state index contributed by atoms with van der Waals surface area (Å²) in [5, 5.41) is 7.73. The van der Waals surface area contributed by atoms with E-state index in [2.05, 4.69) is 16.6 Å². The molecule has 6 nitrogen and oxygen atoms in total. The van der Waals surface area contributed by atoms with Crippen LogP contribution in [0.1, 0.15) is 38.8 Å². The largest absolute Gasteiger partial charge is 0.444 e. The summed E-state index contributed by atoms with van der Waals surface area (Å²) in [7, 11) is 1.93. The highest BCUT2D eigenvalue weighted by atomic mass is 16.6. The van der Waals surface area contributed by atoms with Gasteiger partial charge >= 0.3 is 6.09 Å². The van der Waals surface area contributed by atoms with Crippen LogP contribution in [0.15, 0.2) is 12.4 Å². The fraction of sp³-hybridized carbons (Fsp3) is 0.733. The summed E-state index contributed by atoms with van der Waals surface area (Å²) < 4.78 is 7.30. The number of amides is 1. The lowest BCUT2D eigenvalue weighted by atomic mass is 9.70. The lowest BCUT2D eigenvalue weighted by Gasteiger charge is -2.47. The van der Waals surface area contributed by atoms with Crippen molar-refractivity contribution in [2.45, 2.75) is 38.8 Å². The zero-order valence-electron chi connectivity index (χ0n) is 13.2. The normalized spacial score (nSPS) is 28.8. The van der Waals surface area contributed by atoms with Crippen molar-refractivity contribution in [2.24, 2.45) is 12.5 Å². The zero-order chi connectivity index (χ0) is 15.3. The Morgan fingerprint density at radius 2 is 2.29 bits per heavy atom. The van der Waals surface area contributed by atoms with Crippen LogP contribution in [-0.4, -0.2) is 46.0 Å².